The zero-order valence-corrected chi connectivity index (χ0v) is 20.5. The molecular weight excluding hydrogens is 426 g/mol. The molecule has 3 saturated heterocycles. The van der Waals surface area contributed by atoms with Crippen LogP contribution in [-0.2, 0) is 19.3 Å². The molecule has 1 saturated carbocycles. The third-order valence-electron chi connectivity index (χ3n) is 8.05. The molecule has 4 aliphatic rings. The van der Waals surface area contributed by atoms with Gasteiger partial charge in [-0.2, -0.15) is 0 Å². The van der Waals surface area contributed by atoms with Crippen molar-refractivity contribution in [1.82, 2.24) is 0 Å². The van der Waals surface area contributed by atoms with Crippen molar-refractivity contribution in [3.05, 3.63) is 24.3 Å². The molecule has 6 nitrogen and oxygen atoms in total. The molecule has 178 valence electrons. The van der Waals surface area contributed by atoms with E-state index in [9.17, 15) is 9.90 Å². The predicted molar refractivity (Wildman–Crippen MR) is 125 cm³/mol. The van der Waals surface area contributed by atoms with Crippen molar-refractivity contribution in [2.45, 2.75) is 81.7 Å². The van der Waals surface area contributed by atoms with Gasteiger partial charge < -0.3 is 15.2 Å². The summed E-state index contributed by atoms with van der Waals surface area (Å²) in [6.45, 7) is 6.83. The molecule has 3 aliphatic heterocycles. The van der Waals surface area contributed by atoms with E-state index < -0.39 is 17.5 Å². The maximum atomic E-state index is 12.6. The molecule has 1 aromatic rings. The number of aliphatic hydroxyl groups excluding tert-OH is 1. The number of rotatable bonds is 7. The SMILES string of the molecule is CSc1ccccc1NC(=O)CCC(O)C(C)C1CCC(C)C2CCC3(C)OCC21OO3. The summed E-state index contributed by atoms with van der Waals surface area (Å²) in [5.41, 5.74) is 0.301. The average Bonchev–Trinajstić information content (AvgIpc) is 3.04. The number of fused-ring (bicyclic) bond motifs is 3. The Labute approximate surface area is 195 Å². The summed E-state index contributed by atoms with van der Waals surface area (Å²) in [5.74, 6) is 0.251. The molecular formula is C25H37NO5S. The molecule has 7 atom stereocenters. The number of carbonyl (C=O) groups is 1. The monoisotopic (exact) mass is 463 g/mol. The van der Waals surface area contributed by atoms with E-state index in [1.807, 2.05) is 37.4 Å². The van der Waals surface area contributed by atoms with Crippen molar-refractivity contribution in [1.29, 1.82) is 0 Å². The topological polar surface area (TPSA) is 77.0 Å². The lowest BCUT2D eigenvalue weighted by Crippen LogP contribution is -2.61. The van der Waals surface area contributed by atoms with Gasteiger partial charge in [0.2, 0.25) is 5.91 Å². The van der Waals surface area contributed by atoms with Gasteiger partial charge in [0.15, 0.2) is 5.79 Å². The fraction of sp³-hybridized carbons (Fsp3) is 0.720. The highest BCUT2D eigenvalue weighted by Gasteiger charge is 2.61. The first-order valence-corrected chi connectivity index (χ1v) is 13.1. The molecule has 0 aromatic heterocycles. The minimum absolute atomic E-state index is 0.0223. The fourth-order valence-electron chi connectivity index (χ4n) is 6.00. The van der Waals surface area contributed by atoms with Crippen molar-refractivity contribution < 1.29 is 24.4 Å². The highest BCUT2D eigenvalue weighted by molar-refractivity contribution is 7.98. The smallest absolute Gasteiger partial charge is 0.224 e. The van der Waals surface area contributed by atoms with Crippen molar-refractivity contribution >= 4 is 23.4 Å². The van der Waals surface area contributed by atoms with Crippen LogP contribution in [-0.4, -0.2) is 41.4 Å². The van der Waals surface area contributed by atoms with Gasteiger partial charge in [-0.25, -0.2) is 9.78 Å². The second-order valence-electron chi connectivity index (χ2n) is 10.1. The third kappa shape index (κ3) is 4.60. The van der Waals surface area contributed by atoms with Gasteiger partial charge in [-0.1, -0.05) is 26.0 Å². The van der Waals surface area contributed by atoms with E-state index in [2.05, 4.69) is 19.2 Å². The van der Waals surface area contributed by atoms with Crippen molar-refractivity contribution in [3.63, 3.8) is 0 Å². The number of amides is 1. The molecule has 1 amide bonds. The van der Waals surface area contributed by atoms with Crippen LogP contribution in [0.25, 0.3) is 0 Å². The van der Waals surface area contributed by atoms with Gasteiger partial charge in [-0.15, -0.1) is 11.8 Å². The quantitative estimate of drug-likeness (QED) is 0.437. The number of aliphatic hydroxyl groups is 1. The normalized spacial score (nSPS) is 36.1. The van der Waals surface area contributed by atoms with Crippen LogP contribution in [0.4, 0.5) is 5.69 Å². The van der Waals surface area contributed by atoms with Gasteiger partial charge >= 0.3 is 0 Å². The Morgan fingerprint density at radius 2 is 2.06 bits per heavy atom. The van der Waals surface area contributed by atoms with Gasteiger partial charge in [0, 0.05) is 17.7 Å². The van der Waals surface area contributed by atoms with Crippen molar-refractivity contribution in [3.8, 4) is 0 Å². The number of nitrogens with one attached hydrogen (secondary N) is 1. The van der Waals surface area contributed by atoms with Crippen molar-refractivity contribution in [2.24, 2.45) is 23.7 Å². The van der Waals surface area contributed by atoms with Crippen LogP contribution in [0.1, 0.15) is 59.3 Å². The standard InChI is InChI=1S/C25H37NO5S/c1-16-9-10-19(25-15-29-24(3,30-31-25)14-13-18(16)25)17(2)21(27)11-12-23(28)26-20-7-5-6-8-22(20)32-4/h5-8,16-19,21,27H,9-15H2,1-4H3,(H,26,28). The molecule has 1 aromatic carbocycles. The number of carbonyl (C=O) groups excluding carboxylic acids is 1. The minimum Gasteiger partial charge on any atom is -0.393 e. The summed E-state index contributed by atoms with van der Waals surface area (Å²) in [6.07, 6.45) is 6.00. The first-order valence-electron chi connectivity index (χ1n) is 11.9. The number of ether oxygens (including phenoxy) is 1. The first kappa shape index (κ1) is 24.0. The Morgan fingerprint density at radius 1 is 1.28 bits per heavy atom. The number of para-hydroxylation sites is 1. The van der Waals surface area contributed by atoms with Crippen LogP contribution < -0.4 is 5.32 Å². The molecule has 0 radical (unpaired) electrons. The number of anilines is 1. The summed E-state index contributed by atoms with van der Waals surface area (Å²) in [5, 5.41) is 14.1. The Hall–Kier alpha value is -1.12. The molecule has 5 rings (SSSR count). The fourth-order valence-corrected chi connectivity index (χ4v) is 6.55. The van der Waals surface area contributed by atoms with Gasteiger partial charge in [0.1, 0.15) is 5.60 Å². The van der Waals surface area contributed by atoms with Crippen LogP contribution in [0.3, 0.4) is 0 Å². The van der Waals surface area contributed by atoms with Crippen LogP contribution in [0.5, 0.6) is 0 Å². The maximum Gasteiger partial charge on any atom is 0.224 e. The Kier molecular flexibility index (Phi) is 7.23. The third-order valence-corrected chi connectivity index (χ3v) is 8.85. The van der Waals surface area contributed by atoms with Gasteiger partial charge in [0.05, 0.1) is 18.4 Å². The van der Waals surface area contributed by atoms with E-state index in [0.29, 0.717) is 24.9 Å². The van der Waals surface area contributed by atoms with Crippen LogP contribution in [0, 0.1) is 23.7 Å². The predicted octanol–water partition coefficient (Wildman–Crippen LogP) is 5.01. The molecule has 7 heteroatoms. The Balaban J connectivity index is 1.40. The summed E-state index contributed by atoms with van der Waals surface area (Å²) in [4.78, 5) is 25.5. The number of hydrogen-bond donors (Lipinski definition) is 2. The summed E-state index contributed by atoms with van der Waals surface area (Å²) in [7, 11) is 0. The van der Waals surface area contributed by atoms with E-state index in [-0.39, 0.29) is 24.2 Å². The second-order valence-corrected chi connectivity index (χ2v) is 10.9. The zero-order valence-electron chi connectivity index (χ0n) is 19.6. The van der Waals surface area contributed by atoms with E-state index in [0.717, 1.165) is 36.3 Å². The van der Waals surface area contributed by atoms with E-state index in [4.69, 9.17) is 14.5 Å². The Morgan fingerprint density at radius 3 is 2.78 bits per heavy atom. The lowest BCUT2D eigenvalue weighted by molar-refractivity contribution is -0.517. The number of thioether (sulfide) groups is 1. The number of hydrogen-bond acceptors (Lipinski definition) is 6. The molecule has 7 unspecified atom stereocenters. The van der Waals surface area contributed by atoms with Gasteiger partial charge in [0.25, 0.3) is 0 Å². The lowest BCUT2D eigenvalue weighted by Gasteiger charge is -2.53. The zero-order chi connectivity index (χ0) is 22.9. The maximum absolute atomic E-state index is 12.6. The minimum atomic E-state index is -0.667. The molecule has 3 heterocycles. The van der Waals surface area contributed by atoms with E-state index >= 15 is 0 Å². The van der Waals surface area contributed by atoms with Crippen LogP contribution in [0.2, 0.25) is 0 Å². The molecule has 2 bridgehead atoms. The van der Waals surface area contributed by atoms with Crippen LogP contribution >= 0.6 is 11.8 Å². The Bertz CT molecular complexity index is 809. The molecule has 2 N–H and O–H groups in total. The van der Waals surface area contributed by atoms with Gasteiger partial charge in [-0.3, -0.25) is 4.79 Å². The molecule has 1 spiro atoms. The molecule has 1 aliphatic carbocycles. The summed E-state index contributed by atoms with van der Waals surface area (Å²) >= 11 is 1.60. The summed E-state index contributed by atoms with van der Waals surface area (Å²) in [6, 6.07) is 7.77. The highest BCUT2D eigenvalue weighted by atomic mass is 32.2. The van der Waals surface area contributed by atoms with Crippen LogP contribution in [0.15, 0.2) is 29.2 Å². The summed E-state index contributed by atoms with van der Waals surface area (Å²) < 4.78 is 6.15. The average molecular weight is 464 g/mol. The molecule has 4 fully saturated rings. The second kappa shape index (κ2) is 9.63. The molecule has 32 heavy (non-hydrogen) atoms. The largest absolute Gasteiger partial charge is 0.393 e. The number of benzene rings is 1. The first-order chi connectivity index (χ1) is 15.3. The lowest BCUT2D eigenvalue weighted by atomic mass is 9.59. The van der Waals surface area contributed by atoms with Crippen molar-refractivity contribution in [2.75, 3.05) is 18.2 Å². The van der Waals surface area contributed by atoms with E-state index in [1.54, 1.807) is 11.8 Å². The highest BCUT2D eigenvalue weighted by Crippen LogP contribution is 2.55. The van der Waals surface area contributed by atoms with Gasteiger partial charge in [-0.05, 0) is 74.7 Å². The van der Waals surface area contributed by atoms with E-state index in [1.165, 1.54) is 0 Å².